The molecule has 0 radical (unpaired) electrons. The zero-order valence-electron chi connectivity index (χ0n) is 17.6. The average molecular weight is 409 g/mol. The molecule has 0 bridgehead atoms. The highest BCUT2D eigenvalue weighted by Gasteiger charge is 2.40. The standard InChI is InChI=1S/C22H33ClN2O3/c1-15(2)20(24-19(26)11-13-28-5)21(27)25-12-10-18(22(3,4)14-25)16-6-8-17(23)9-7-16/h6-9,15,18,20H,10-14H2,1-5H3,(H,24,26)/t18-,20-/m1/s1. The summed E-state index contributed by atoms with van der Waals surface area (Å²) < 4.78 is 4.96. The van der Waals surface area contributed by atoms with Gasteiger partial charge in [0.25, 0.3) is 0 Å². The summed E-state index contributed by atoms with van der Waals surface area (Å²) in [6.45, 7) is 10.0. The van der Waals surface area contributed by atoms with Gasteiger partial charge in [-0.15, -0.1) is 0 Å². The third-order valence-electron chi connectivity index (χ3n) is 5.60. The smallest absolute Gasteiger partial charge is 0.245 e. The molecule has 1 aromatic carbocycles. The Balaban J connectivity index is 2.07. The molecule has 1 aliphatic heterocycles. The van der Waals surface area contributed by atoms with Crippen LogP contribution in [0.1, 0.15) is 52.0 Å². The molecule has 1 aliphatic rings. The summed E-state index contributed by atoms with van der Waals surface area (Å²) in [5.74, 6) is 0.242. The van der Waals surface area contributed by atoms with Crippen LogP contribution in [0.4, 0.5) is 0 Å². The Kier molecular flexibility index (Phi) is 7.90. The number of amides is 2. The molecule has 0 unspecified atom stereocenters. The summed E-state index contributed by atoms with van der Waals surface area (Å²) in [7, 11) is 1.56. The van der Waals surface area contributed by atoms with Crippen molar-refractivity contribution >= 4 is 23.4 Å². The number of halogens is 1. The number of likely N-dealkylation sites (tertiary alicyclic amines) is 1. The van der Waals surface area contributed by atoms with Crippen LogP contribution in [0.15, 0.2) is 24.3 Å². The Labute approximate surface area is 173 Å². The summed E-state index contributed by atoms with van der Waals surface area (Å²) in [6.07, 6.45) is 1.15. The summed E-state index contributed by atoms with van der Waals surface area (Å²) in [5, 5.41) is 3.63. The first kappa shape index (κ1) is 22.7. The first-order valence-corrected chi connectivity index (χ1v) is 10.4. The number of ether oxygens (including phenoxy) is 1. The number of carbonyl (C=O) groups is 2. The number of hydrogen-bond donors (Lipinski definition) is 1. The minimum Gasteiger partial charge on any atom is -0.384 e. The van der Waals surface area contributed by atoms with Gasteiger partial charge in [-0.2, -0.15) is 0 Å². The second-order valence-electron chi connectivity index (χ2n) is 8.67. The zero-order valence-corrected chi connectivity index (χ0v) is 18.4. The first-order chi connectivity index (χ1) is 13.2. The van der Waals surface area contributed by atoms with E-state index in [1.807, 2.05) is 30.9 Å². The second kappa shape index (κ2) is 9.75. The minimum absolute atomic E-state index is 0.00315. The van der Waals surface area contributed by atoms with Gasteiger partial charge in [-0.1, -0.05) is 51.4 Å². The van der Waals surface area contributed by atoms with Crippen LogP contribution < -0.4 is 5.32 Å². The predicted molar refractivity (Wildman–Crippen MR) is 112 cm³/mol. The lowest BCUT2D eigenvalue weighted by atomic mass is 9.70. The fraction of sp³-hybridized carbons (Fsp3) is 0.636. The van der Waals surface area contributed by atoms with Gasteiger partial charge in [0.1, 0.15) is 6.04 Å². The van der Waals surface area contributed by atoms with Crippen LogP contribution in [-0.2, 0) is 14.3 Å². The van der Waals surface area contributed by atoms with Crippen LogP contribution in [0.25, 0.3) is 0 Å². The van der Waals surface area contributed by atoms with E-state index in [-0.39, 0.29) is 29.6 Å². The molecule has 2 rings (SSSR count). The predicted octanol–water partition coefficient (Wildman–Crippen LogP) is 3.86. The van der Waals surface area contributed by atoms with Gasteiger partial charge in [0.05, 0.1) is 6.61 Å². The molecule has 2 atom stereocenters. The van der Waals surface area contributed by atoms with Gasteiger partial charge in [-0.05, 0) is 41.4 Å². The minimum atomic E-state index is -0.507. The van der Waals surface area contributed by atoms with Crippen molar-refractivity contribution in [2.45, 2.75) is 52.5 Å². The van der Waals surface area contributed by atoms with Crippen molar-refractivity contribution in [2.24, 2.45) is 11.3 Å². The van der Waals surface area contributed by atoms with Crippen LogP contribution in [0, 0.1) is 11.3 Å². The van der Waals surface area contributed by atoms with E-state index in [0.29, 0.717) is 25.6 Å². The van der Waals surface area contributed by atoms with E-state index < -0.39 is 6.04 Å². The number of piperidine rings is 1. The SMILES string of the molecule is COCCC(=O)N[C@@H](C(=O)N1CC[C@H](c2ccc(Cl)cc2)C(C)(C)C1)C(C)C. The molecule has 2 amide bonds. The fourth-order valence-electron chi connectivity index (χ4n) is 4.01. The molecule has 1 saturated heterocycles. The topological polar surface area (TPSA) is 58.6 Å². The van der Waals surface area contributed by atoms with Crippen molar-refractivity contribution in [3.63, 3.8) is 0 Å². The van der Waals surface area contributed by atoms with Crippen molar-refractivity contribution in [3.8, 4) is 0 Å². The van der Waals surface area contributed by atoms with Crippen LogP contribution in [-0.4, -0.2) is 49.6 Å². The highest BCUT2D eigenvalue weighted by molar-refractivity contribution is 6.30. The molecule has 6 heteroatoms. The molecular formula is C22H33ClN2O3. The second-order valence-corrected chi connectivity index (χ2v) is 9.11. The lowest BCUT2D eigenvalue weighted by Crippen LogP contribution is -2.56. The number of methoxy groups -OCH3 is 1. The Morgan fingerprint density at radius 2 is 1.93 bits per heavy atom. The molecule has 28 heavy (non-hydrogen) atoms. The largest absolute Gasteiger partial charge is 0.384 e. The molecule has 1 aromatic rings. The van der Waals surface area contributed by atoms with E-state index in [0.717, 1.165) is 11.4 Å². The van der Waals surface area contributed by atoms with Crippen molar-refractivity contribution in [1.29, 1.82) is 0 Å². The van der Waals surface area contributed by atoms with E-state index in [4.69, 9.17) is 16.3 Å². The van der Waals surface area contributed by atoms with E-state index in [9.17, 15) is 9.59 Å². The number of nitrogens with one attached hydrogen (secondary N) is 1. The number of benzene rings is 1. The molecule has 0 spiro atoms. The van der Waals surface area contributed by atoms with Gasteiger partial charge < -0.3 is 15.0 Å². The van der Waals surface area contributed by atoms with Gasteiger partial charge in [0, 0.05) is 31.6 Å². The fourth-order valence-corrected chi connectivity index (χ4v) is 4.13. The van der Waals surface area contributed by atoms with E-state index in [1.54, 1.807) is 7.11 Å². The number of rotatable bonds is 7. The number of hydrogen-bond acceptors (Lipinski definition) is 3. The summed E-state index contributed by atoms with van der Waals surface area (Å²) in [5.41, 5.74) is 1.19. The van der Waals surface area contributed by atoms with Crippen molar-refractivity contribution in [3.05, 3.63) is 34.9 Å². The normalized spacial score (nSPS) is 20.1. The lowest BCUT2D eigenvalue weighted by molar-refractivity contribution is -0.140. The third-order valence-corrected chi connectivity index (χ3v) is 5.85. The highest BCUT2D eigenvalue weighted by atomic mass is 35.5. The summed E-state index contributed by atoms with van der Waals surface area (Å²) >= 11 is 6.03. The van der Waals surface area contributed by atoms with Gasteiger partial charge in [0.15, 0.2) is 0 Å². The number of nitrogens with zero attached hydrogens (tertiary/aromatic N) is 1. The molecule has 156 valence electrons. The molecule has 1 fully saturated rings. The maximum atomic E-state index is 13.2. The van der Waals surface area contributed by atoms with E-state index >= 15 is 0 Å². The monoisotopic (exact) mass is 408 g/mol. The maximum Gasteiger partial charge on any atom is 0.245 e. The first-order valence-electron chi connectivity index (χ1n) is 9.98. The highest BCUT2D eigenvalue weighted by Crippen LogP contribution is 2.42. The van der Waals surface area contributed by atoms with Gasteiger partial charge in [-0.25, -0.2) is 0 Å². The molecule has 5 nitrogen and oxygen atoms in total. The van der Waals surface area contributed by atoms with Gasteiger partial charge in [-0.3, -0.25) is 9.59 Å². The van der Waals surface area contributed by atoms with Crippen LogP contribution in [0.2, 0.25) is 5.02 Å². The Hall–Kier alpha value is -1.59. The zero-order chi connectivity index (χ0) is 20.9. The van der Waals surface area contributed by atoms with Crippen molar-refractivity contribution < 1.29 is 14.3 Å². The Bertz CT molecular complexity index is 673. The molecule has 0 saturated carbocycles. The summed E-state index contributed by atoms with van der Waals surface area (Å²) in [6, 6.07) is 7.51. The quantitative estimate of drug-likeness (QED) is 0.745. The molecule has 0 aliphatic carbocycles. The molecular weight excluding hydrogens is 376 g/mol. The third kappa shape index (κ3) is 5.71. The lowest BCUT2D eigenvalue weighted by Gasteiger charge is -2.45. The van der Waals surface area contributed by atoms with Crippen molar-refractivity contribution in [1.82, 2.24) is 10.2 Å². The Morgan fingerprint density at radius 1 is 1.29 bits per heavy atom. The van der Waals surface area contributed by atoms with E-state index in [2.05, 4.69) is 31.3 Å². The Morgan fingerprint density at radius 3 is 2.46 bits per heavy atom. The van der Waals surface area contributed by atoms with Crippen LogP contribution in [0.5, 0.6) is 0 Å². The molecule has 1 N–H and O–H groups in total. The van der Waals surface area contributed by atoms with Crippen LogP contribution in [0.3, 0.4) is 0 Å². The number of carbonyl (C=O) groups excluding carboxylic acids is 2. The molecule has 1 heterocycles. The summed E-state index contributed by atoms with van der Waals surface area (Å²) in [4.78, 5) is 27.2. The van der Waals surface area contributed by atoms with Crippen molar-refractivity contribution in [2.75, 3.05) is 26.8 Å². The van der Waals surface area contributed by atoms with Gasteiger partial charge >= 0.3 is 0 Å². The molecule has 0 aromatic heterocycles. The average Bonchev–Trinajstić information content (AvgIpc) is 2.63. The van der Waals surface area contributed by atoms with Gasteiger partial charge in [0.2, 0.25) is 11.8 Å². The van der Waals surface area contributed by atoms with Crippen LogP contribution >= 0.6 is 11.6 Å². The maximum absolute atomic E-state index is 13.2. The van der Waals surface area contributed by atoms with E-state index in [1.165, 1.54) is 5.56 Å².